The van der Waals surface area contributed by atoms with Crippen LogP contribution in [0, 0.1) is 0 Å². The molecule has 3 aromatic rings. The maximum atomic E-state index is 12.4. The number of halogens is 1. The second-order valence-corrected chi connectivity index (χ2v) is 6.96. The van der Waals surface area contributed by atoms with Crippen molar-refractivity contribution in [1.29, 1.82) is 0 Å². The lowest BCUT2D eigenvalue weighted by Crippen LogP contribution is -2.11. The Kier molecular flexibility index (Phi) is 8.26. The van der Waals surface area contributed by atoms with Crippen LogP contribution >= 0.6 is 11.6 Å². The van der Waals surface area contributed by atoms with E-state index in [0.717, 1.165) is 6.08 Å². The van der Waals surface area contributed by atoms with E-state index in [1.165, 1.54) is 49.6 Å². The van der Waals surface area contributed by atoms with E-state index in [4.69, 9.17) is 35.3 Å². The van der Waals surface area contributed by atoms with Crippen LogP contribution in [0.2, 0.25) is 5.02 Å². The highest BCUT2D eigenvalue weighted by atomic mass is 35.5. The van der Waals surface area contributed by atoms with Crippen LogP contribution in [0.25, 0.3) is 0 Å². The maximum absolute atomic E-state index is 12.4. The summed E-state index contributed by atoms with van der Waals surface area (Å²) in [4.78, 5) is 35.8. The van der Waals surface area contributed by atoms with Gasteiger partial charge in [-0.3, -0.25) is 0 Å². The van der Waals surface area contributed by atoms with Crippen molar-refractivity contribution in [2.75, 3.05) is 13.9 Å². The summed E-state index contributed by atoms with van der Waals surface area (Å²) in [6.45, 7) is 2.98. The monoisotopic (exact) mass is 482 g/mol. The fraction of sp³-hybridized carbons (Fsp3) is 0.0800. The SMILES string of the molecule is C=CC(=O)OCOc1ccc(C(=O)Oc2ccc(C(=O)Oc3ccc(OC)cc3)cc2Cl)cc1. The number of esters is 3. The van der Waals surface area contributed by atoms with Crippen LogP contribution in [-0.2, 0) is 9.53 Å². The minimum absolute atomic E-state index is 0.0570. The van der Waals surface area contributed by atoms with Gasteiger partial charge < -0.3 is 23.7 Å². The van der Waals surface area contributed by atoms with Crippen molar-refractivity contribution in [2.45, 2.75) is 0 Å². The predicted octanol–water partition coefficient (Wildman–Crippen LogP) is 4.85. The minimum Gasteiger partial charge on any atom is -0.497 e. The summed E-state index contributed by atoms with van der Waals surface area (Å²) in [5.41, 5.74) is 0.411. The van der Waals surface area contributed by atoms with E-state index in [1.807, 2.05) is 0 Å². The number of ether oxygens (including phenoxy) is 5. The van der Waals surface area contributed by atoms with Gasteiger partial charge in [-0.25, -0.2) is 14.4 Å². The summed E-state index contributed by atoms with van der Waals surface area (Å²) < 4.78 is 25.6. The Labute approximate surface area is 200 Å². The normalized spacial score (nSPS) is 10.1. The van der Waals surface area contributed by atoms with Gasteiger partial charge in [0.15, 0.2) is 0 Å². The molecule has 3 rings (SSSR count). The fourth-order valence-electron chi connectivity index (χ4n) is 2.58. The topological polar surface area (TPSA) is 97.4 Å². The van der Waals surface area contributed by atoms with Crippen molar-refractivity contribution in [3.05, 3.63) is 95.5 Å². The molecule has 0 aliphatic carbocycles. The largest absolute Gasteiger partial charge is 0.497 e. The van der Waals surface area contributed by atoms with Crippen molar-refractivity contribution >= 4 is 29.5 Å². The molecule has 0 saturated heterocycles. The number of benzene rings is 3. The van der Waals surface area contributed by atoms with Gasteiger partial charge >= 0.3 is 17.9 Å². The van der Waals surface area contributed by atoms with E-state index in [9.17, 15) is 14.4 Å². The number of carbonyl (C=O) groups excluding carboxylic acids is 3. The molecular formula is C25H19ClO8. The van der Waals surface area contributed by atoms with Crippen molar-refractivity contribution in [1.82, 2.24) is 0 Å². The van der Waals surface area contributed by atoms with E-state index in [0.29, 0.717) is 17.2 Å². The molecule has 0 spiro atoms. The average molecular weight is 483 g/mol. The molecule has 0 saturated carbocycles. The number of carbonyl (C=O) groups is 3. The lowest BCUT2D eigenvalue weighted by Gasteiger charge is -2.10. The highest BCUT2D eigenvalue weighted by Crippen LogP contribution is 2.27. The van der Waals surface area contributed by atoms with Crippen molar-refractivity contribution < 1.29 is 38.1 Å². The third-order valence-corrected chi connectivity index (χ3v) is 4.62. The molecule has 0 fully saturated rings. The second kappa shape index (κ2) is 11.5. The molecule has 0 aliphatic heterocycles. The zero-order valence-corrected chi connectivity index (χ0v) is 18.7. The van der Waals surface area contributed by atoms with Crippen LogP contribution in [-0.4, -0.2) is 31.8 Å². The Morgan fingerprint density at radius 3 is 2.03 bits per heavy atom. The first-order valence-corrected chi connectivity index (χ1v) is 10.2. The zero-order valence-electron chi connectivity index (χ0n) is 18.0. The van der Waals surface area contributed by atoms with Gasteiger partial charge in [-0.05, 0) is 66.7 Å². The van der Waals surface area contributed by atoms with Crippen molar-refractivity contribution in [2.24, 2.45) is 0 Å². The predicted molar refractivity (Wildman–Crippen MR) is 123 cm³/mol. The fourth-order valence-corrected chi connectivity index (χ4v) is 2.80. The first-order chi connectivity index (χ1) is 16.4. The molecule has 9 heteroatoms. The number of rotatable bonds is 9. The maximum Gasteiger partial charge on any atom is 0.343 e. The lowest BCUT2D eigenvalue weighted by molar-refractivity contribution is -0.144. The second-order valence-electron chi connectivity index (χ2n) is 6.55. The van der Waals surface area contributed by atoms with Crippen molar-refractivity contribution in [3.63, 3.8) is 0 Å². The van der Waals surface area contributed by atoms with Gasteiger partial charge in [-0.15, -0.1) is 0 Å². The van der Waals surface area contributed by atoms with E-state index >= 15 is 0 Å². The third kappa shape index (κ3) is 6.60. The van der Waals surface area contributed by atoms with Crippen LogP contribution in [0.1, 0.15) is 20.7 Å². The minimum atomic E-state index is -0.667. The van der Waals surface area contributed by atoms with E-state index in [-0.39, 0.29) is 28.7 Å². The molecular weight excluding hydrogens is 464 g/mol. The Morgan fingerprint density at radius 1 is 0.824 bits per heavy atom. The van der Waals surface area contributed by atoms with Gasteiger partial charge in [0.1, 0.15) is 23.0 Å². The highest BCUT2D eigenvalue weighted by molar-refractivity contribution is 6.32. The molecule has 0 amide bonds. The van der Waals surface area contributed by atoms with E-state index in [2.05, 4.69) is 6.58 Å². The zero-order chi connectivity index (χ0) is 24.5. The summed E-state index contributed by atoms with van der Waals surface area (Å²) in [6, 6.07) is 16.7. The Bertz CT molecular complexity index is 1190. The van der Waals surface area contributed by atoms with E-state index < -0.39 is 17.9 Å². The molecule has 0 atom stereocenters. The molecule has 0 aromatic heterocycles. The first-order valence-electron chi connectivity index (χ1n) is 9.79. The third-order valence-electron chi connectivity index (χ3n) is 4.32. The number of hydrogen-bond acceptors (Lipinski definition) is 8. The van der Waals surface area contributed by atoms with Crippen LogP contribution < -0.4 is 18.9 Å². The standard InChI is InChI=1S/C25H19ClO8/c1-3-23(27)32-15-31-19-7-4-16(5-8-19)24(28)34-22-13-6-17(14-21(22)26)25(29)33-20-11-9-18(30-2)10-12-20/h3-14H,1,15H2,2H3. The van der Waals surface area contributed by atoms with Crippen molar-refractivity contribution in [3.8, 4) is 23.0 Å². The summed E-state index contributed by atoms with van der Waals surface area (Å²) in [5, 5.41) is 0.0570. The van der Waals surface area contributed by atoms with Gasteiger partial charge in [0.2, 0.25) is 6.79 Å². The summed E-state index contributed by atoms with van der Waals surface area (Å²) in [7, 11) is 1.53. The quantitative estimate of drug-likeness (QED) is 0.185. The molecule has 0 bridgehead atoms. The Hall–Kier alpha value is -4.30. The van der Waals surface area contributed by atoms with Gasteiger partial charge in [0.05, 0.1) is 23.3 Å². The molecule has 3 aromatic carbocycles. The van der Waals surface area contributed by atoms with Gasteiger partial charge in [0, 0.05) is 6.08 Å². The summed E-state index contributed by atoms with van der Waals surface area (Å²) >= 11 is 6.20. The Balaban J connectivity index is 1.58. The van der Waals surface area contributed by atoms with Crippen LogP contribution in [0.5, 0.6) is 23.0 Å². The Morgan fingerprint density at radius 2 is 1.41 bits per heavy atom. The molecule has 34 heavy (non-hydrogen) atoms. The molecule has 8 nitrogen and oxygen atoms in total. The van der Waals surface area contributed by atoms with Crippen LogP contribution in [0.3, 0.4) is 0 Å². The molecule has 0 unspecified atom stereocenters. The molecule has 174 valence electrons. The average Bonchev–Trinajstić information content (AvgIpc) is 2.85. The highest BCUT2D eigenvalue weighted by Gasteiger charge is 2.15. The molecule has 0 radical (unpaired) electrons. The lowest BCUT2D eigenvalue weighted by atomic mass is 10.2. The van der Waals surface area contributed by atoms with Crippen LogP contribution in [0.4, 0.5) is 0 Å². The summed E-state index contributed by atoms with van der Waals surface area (Å²) in [6.07, 6.45) is 1.02. The number of hydrogen-bond donors (Lipinski definition) is 0. The molecule has 0 N–H and O–H groups in total. The van der Waals surface area contributed by atoms with Gasteiger partial charge in [-0.1, -0.05) is 18.2 Å². The van der Waals surface area contributed by atoms with Gasteiger partial charge in [0.25, 0.3) is 0 Å². The molecule has 0 heterocycles. The van der Waals surface area contributed by atoms with Crippen LogP contribution in [0.15, 0.2) is 79.4 Å². The van der Waals surface area contributed by atoms with E-state index in [1.54, 1.807) is 24.3 Å². The molecule has 0 aliphatic rings. The number of methoxy groups -OCH3 is 1. The first kappa shape index (κ1) is 24.3. The summed E-state index contributed by atoms with van der Waals surface area (Å²) in [5.74, 6) is -0.485. The smallest absolute Gasteiger partial charge is 0.343 e. The van der Waals surface area contributed by atoms with Gasteiger partial charge in [-0.2, -0.15) is 0 Å².